The van der Waals surface area contributed by atoms with Crippen molar-refractivity contribution >= 4 is 11.6 Å². The predicted octanol–water partition coefficient (Wildman–Crippen LogP) is 4.23. The van der Waals surface area contributed by atoms with Crippen molar-refractivity contribution in [3.8, 4) is 5.75 Å². The molecule has 0 bridgehead atoms. The molecule has 0 unspecified atom stereocenters. The molecule has 0 aliphatic heterocycles. The Bertz CT molecular complexity index is 547. The molecule has 1 saturated carbocycles. The summed E-state index contributed by atoms with van der Waals surface area (Å²) >= 11 is 6.10. The zero-order valence-electron chi connectivity index (χ0n) is 10.8. The Balaban J connectivity index is 1.63. The van der Waals surface area contributed by atoms with Crippen LogP contribution < -0.4 is 4.74 Å². The Kier molecular flexibility index (Phi) is 3.74. The second kappa shape index (κ2) is 5.66. The van der Waals surface area contributed by atoms with E-state index in [2.05, 4.69) is 5.10 Å². The molecule has 3 rings (SSSR count). The summed E-state index contributed by atoms with van der Waals surface area (Å²) in [6.45, 7) is 0.482. The fourth-order valence-corrected chi connectivity index (χ4v) is 2.73. The van der Waals surface area contributed by atoms with Crippen molar-refractivity contribution < 1.29 is 4.74 Å². The fraction of sp³-hybridized carbons (Fsp3) is 0.400. The second-order valence-corrected chi connectivity index (χ2v) is 5.38. The summed E-state index contributed by atoms with van der Waals surface area (Å²) in [5.41, 5.74) is 0.998. The van der Waals surface area contributed by atoms with Crippen LogP contribution in [0, 0.1) is 0 Å². The lowest BCUT2D eigenvalue weighted by atomic mass is 10.2. The van der Waals surface area contributed by atoms with Gasteiger partial charge in [0.05, 0.1) is 18.4 Å². The van der Waals surface area contributed by atoms with Gasteiger partial charge in [0.15, 0.2) is 5.75 Å². The number of nitrogens with zero attached hydrogens (tertiary/aromatic N) is 2. The van der Waals surface area contributed by atoms with E-state index in [-0.39, 0.29) is 0 Å². The van der Waals surface area contributed by atoms with E-state index in [4.69, 9.17) is 16.3 Å². The number of halogens is 1. The fourth-order valence-electron chi connectivity index (χ4n) is 2.54. The molecule has 0 N–H and O–H groups in total. The summed E-state index contributed by atoms with van der Waals surface area (Å²) in [4.78, 5) is 0. The monoisotopic (exact) mass is 276 g/mol. The van der Waals surface area contributed by atoms with Crippen molar-refractivity contribution in [1.82, 2.24) is 9.78 Å². The first-order valence-electron chi connectivity index (χ1n) is 6.73. The third-order valence-electron chi connectivity index (χ3n) is 3.63. The maximum Gasteiger partial charge on any atom is 0.157 e. The molecule has 1 fully saturated rings. The van der Waals surface area contributed by atoms with E-state index in [1.165, 1.54) is 25.7 Å². The van der Waals surface area contributed by atoms with E-state index < -0.39 is 0 Å². The van der Waals surface area contributed by atoms with Gasteiger partial charge in [0.1, 0.15) is 6.61 Å². The normalized spacial score (nSPS) is 15.8. The molecule has 19 heavy (non-hydrogen) atoms. The minimum Gasteiger partial charge on any atom is -0.486 e. The molecule has 4 heteroatoms. The third kappa shape index (κ3) is 2.92. The highest BCUT2D eigenvalue weighted by Crippen LogP contribution is 2.30. The first-order chi connectivity index (χ1) is 9.33. The van der Waals surface area contributed by atoms with Crippen LogP contribution in [0.2, 0.25) is 5.02 Å². The molecular formula is C15H17ClN2O. The molecule has 1 heterocycles. The van der Waals surface area contributed by atoms with Gasteiger partial charge in [-0.15, -0.1) is 0 Å². The van der Waals surface area contributed by atoms with Crippen LogP contribution in [0.5, 0.6) is 5.75 Å². The number of benzene rings is 1. The lowest BCUT2D eigenvalue weighted by Crippen LogP contribution is -2.04. The number of rotatable bonds is 4. The summed E-state index contributed by atoms with van der Waals surface area (Å²) in [6, 6.07) is 8.29. The van der Waals surface area contributed by atoms with E-state index in [0.717, 1.165) is 16.3 Å². The van der Waals surface area contributed by atoms with Gasteiger partial charge in [0, 0.05) is 10.6 Å². The number of aromatic nitrogens is 2. The van der Waals surface area contributed by atoms with Gasteiger partial charge in [-0.1, -0.05) is 42.6 Å². The van der Waals surface area contributed by atoms with Crippen molar-refractivity contribution in [2.45, 2.75) is 38.3 Å². The van der Waals surface area contributed by atoms with Crippen LogP contribution in [-0.4, -0.2) is 9.78 Å². The van der Waals surface area contributed by atoms with Crippen LogP contribution in [0.15, 0.2) is 36.7 Å². The quantitative estimate of drug-likeness (QED) is 0.835. The van der Waals surface area contributed by atoms with Crippen LogP contribution in [0.3, 0.4) is 0 Å². The maximum absolute atomic E-state index is 6.10. The average Bonchev–Trinajstić information content (AvgIpc) is 3.09. The van der Waals surface area contributed by atoms with Crippen molar-refractivity contribution in [1.29, 1.82) is 0 Å². The molecule has 0 saturated heterocycles. The number of ether oxygens (including phenoxy) is 1. The average molecular weight is 277 g/mol. The van der Waals surface area contributed by atoms with Crippen molar-refractivity contribution in [3.05, 3.63) is 47.2 Å². The van der Waals surface area contributed by atoms with Crippen LogP contribution >= 0.6 is 11.6 Å². The zero-order chi connectivity index (χ0) is 13.1. The highest BCUT2D eigenvalue weighted by molar-refractivity contribution is 6.31. The molecule has 3 nitrogen and oxygen atoms in total. The molecule has 0 radical (unpaired) electrons. The Hall–Kier alpha value is -1.48. The molecular weight excluding hydrogens is 260 g/mol. The van der Waals surface area contributed by atoms with Gasteiger partial charge >= 0.3 is 0 Å². The van der Waals surface area contributed by atoms with Gasteiger partial charge in [0.2, 0.25) is 0 Å². The Morgan fingerprint density at radius 2 is 2.05 bits per heavy atom. The van der Waals surface area contributed by atoms with Gasteiger partial charge in [-0.3, -0.25) is 4.68 Å². The molecule has 1 aromatic carbocycles. The minimum atomic E-state index is 0.482. The largest absolute Gasteiger partial charge is 0.486 e. The van der Waals surface area contributed by atoms with E-state index in [1.807, 2.05) is 35.1 Å². The van der Waals surface area contributed by atoms with Gasteiger partial charge in [-0.25, -0.2) is 0 Å². The first kappa shape index (κ1) is 12.5. The maximum atomic E-state index is 6.10. The molecule has 100 valence electrons. The first-order valence-corrected chi connectivity index (χ1v) is 7.11. The Morgan fingerprint density at radius 3 is 2.84 bits per heavy atom. The van der Waals surface area contributed by atoms with Crippen LogP contribution in [-0.2, 0) is 6.61 Å². The molecule has 1 aliphatic rings. The van der Waals surface area contributed by atoms with Crippen LogP contribution in [0.25, 0.3) is 0 Å². The van der Waals surface area contributed by atoms with Crippen LogP contribution in [0.4, 0.5) is 0 Å². The third-order valence-corrected chi connectivity index (χ3v) is 4.00. The van der Waals surface area contributed by atoms with E-state index in [0.29, 0.717) is 12.6 Å². The van der Waals surface area contributed by atoms with Gasteiger partial charge < -0.3 is 4.74 Å². The highest BCUT2D eigenvalue weighted by atomic mass is 35.5. The van der Waals surface area contributed by atoms with E-state index in [9.17, 15) is 0 Å². The number of hydrogen-bond donors (Lipinski definition) is 0. The van der Waals surface area contributed by atoms with E-state index >= 15 is 0 Å². The lowest BCUT2D eigenvalue weighted by Gasteiger charge is -2.08. The molecule has 0 atom stereocenters. The predicted molar refractivity (Wildman–Crippen MR) is 75.5 cm³/mol. The number of hydrogen-bond acceptors (Lipinski definition) is 2. The SMILES string of the molecule is Clc1ccccc1COc1cnn(C2CCCC2)c1. The van der Waals surface area contributed by atoms with Crippen molar-refractivity contribution in [3.63, 3.8) is 0 Å². The molecule has 0 spiro atoms. The molecule has 0 amide bonds. The Morgan fingerprint density at radius 1 is 1.26 bits per heavy atom. The summed E-state index contributed by atoms with van der Waals surface area (Å²) in [5, 5.41) is 5.13. The second-order valence-electron chi connectivity index (χ2n) is 4.97. The van der Waals surface area contributed by atoms with E-state index in [1.54, 1.807) is 6.20 Å². The summed E-state index contributed by atoms with van der Waals surface area (Å²) in [7, 11) is 0. The standard InChI is InChI=1S/C15H17ClN2O/c16-15-8-4-1-5-12(15)11-19-14-9-17-18(10-14)13-6-2-3-7-13/h1,4-5,8-10,13H,2-3,6-7,11H2. The van der Waals surface area contributed by atoms with Crippen molar-refractivity contribution in [2.24, 2.45) is 0 Å². The van der Waals surface area contributed by atoms with Gasteiger partial charge in [0.25, 0.3) is 0 Å². The smallest absolute Gasteiger partial charge is 0.157 e. The minimum absolute atomic E-state index is 0.482. The van der Waals surface area contributed by atoms with Crippen LogP contribution in [0.1, 0.15) is 37.3 Å². The summed E-state index contributed by atoms with van der Waals surface area (Å²) in [5.74, 6) is 0.812. The Labute approximate surface area is 118 Å². The van der Waals surface area contributed by atoms with Gasteiger partial charge in [-0.2, -0.15) is 5.10 Å². The summed E-state index contributed by atoms with van der Waals surface area (Å²) < 4.78 is 7.78. The summed E-state index contributed by atoms with van der Waals surface area (Å²) in [6.07, 6.45) is 8.85. The zero-order valence-corrected chi connectivity index (χ0v) is 11.5. The molecule has 1 aromatic heterocycles. The molecule has 2 aromatic rings. The molecule has 1 aliphatic carbocycles. The van der Waals surface area contributed by atoms with Gasteiger partial charge in [-0.05, 0) is 18.9 Å². The lowest BCUT2D eigenvalue weighted by molar-refractivity contribution is 0.305. The highest BCUT2D eigenvalue weighted by Gasteiger charge is 2.17. The topological polar surface area (TPSA) is 27.1 Å². The van der Waals surface area contributed by atoms with Crippen molar-refractivity contribution in [2.75, 3.05) is 0 Å².